The zero-order valence-corrected chi connectivity index (χ0v) is 9.09. The molecule has 0 aliphatic carbocycles. The van der Waals surface area contributed by atoms with Crippen LogP contribution >= 0.6 is 0 Å². The standard InChI is InChI=1S/C9H10O3.C2H6/c1-6-3-7(10-2)9-8(4-6)11-5-12-9;1-2/h3-4H,5H2,1-2H3;1-2H3. The zero-order valence-electron chi connectivity index (χ0n) is 9.09. The highest BCUT2D eigenvalue weighted by atomic mass is 16.7. The number of fused-ring (bicyclic) bond motifs is 1. The predicted molar refractivity (Wildman–Crippen MR) is 55.2 cm³/mol. The Morgan fingerprint density at radius 1 is 1.21 bits per heavy atom. The predicted octanol–water partition coefficient (Wildman–Crippen LogP) is 2.76. The maximum Gasteiger partial charge on any atom is 0.231 e. The second-order valence-corrected chi connectivity index (χ2v) is 2.70. The lowest BCUT2D eigenvalue weighted by molar-refractivity contribution is 0.171. The van der Waals surface area contributed by atoms with Gasteiger partial charge in [-0.05, 0) is 24.6 Å². The minimum atomic E-state index is 0.287. The van der Waals surface area contributed by atoms with E-state index in [0.29, 0.717) is 5.75 Å². The number of aryl methyl sites for hydroxylation is 1. The van der Waals surface area contributed by atoms with Crippen molar-refractivity contribution in [3.05, 3.63) is 17.7 Å². The molecule has 2 rings (SSSR count). The summed E-state index contributed by atoms with van der Waals surface area (Å²) < 4.78 is 15.6. The number of rotatable bonds is 1. The van der Waals surface area contributed by atoms with Gasteiger partial charge in [-0.25, -0.2) is 0 Å². The second-order valence-electron chi connectivity index (χ2n) is 2.70. The molecule has 0 spiro atoms. The zero-order chi connectivity index (χ0) is 10.6. The summed E-state index contributed by atoms with van der Waals surface area (Å²) in [6, 6.07) is 3.86. The molecule has 0 saturated heterocycles. The molecule has 0 aromatic heterocycles. The van der Waals surface area contributed by atoms with Gasteiger partial charge in [0.05, 0.1) is 7.11 Å². The lowest BCUT2D eigenvalue weighted by atomic mass is 10.2. The molecule has 0 amide bonds. The number of methoxy groups -OCH3 is 1. The fourth-order valence-electron chi connectivity index (χ4n) is 1.26. The summed E-state index contributed by atoms with van der Waals surface area (Å²) in [5.41, 5.74) is 1.11. The normalized spacial score (nSPS) is 11.7. The maximum atomic E-state index is 5.23. The molecule has 3 nitrogen and oxygen atoms in total. The Hall–Kier alpha value is -1.38. The number of ether oxygens (including phenoxy) is 3. The van der Waals surface area contributed by atoms with Crippen molar-refractivity contribution in [1.82, 2.24) is 0 Å². The molecule has 1 aromatic rings. The molecule has 14 heavy (non-hydrogen) atoms. The van der Waals surface area contributed by atoms with Crippen molar-refractivity contribution in [3.63, 3.8) is 0 Å². The Bertz CT molecular complexity index is 308. The first-order valence-corrected chi connectivity index (χ1v) is 4.75. The Kier molecular flexibility index (Phi) is 3.63. The van der Waals surface area contributed by atoms with Gasteiger partial charge in [0.2, 0.25) is 12.5 Å². The summed E-state index contributed by atoms with van der Waals surface area (Å²) in [5.74, 6) is 2.22. The van der Waals surface area contributed by atoms with Crippen molar-refractivity contribution >= 4 is 0 Å². The van der Waals surface area contributed by atoms with E-state index >= 15 is 0 Å². The van der Waals surface area contributed by atoms with Crippen molar-refractivity contribution in [2.24, 2.45) is 0 Å². The molecule has 1 aromatic carbocycles. The van der Waals surface area contributed by atoms with Gasteiger partial charge in [-0.15, -0.1) is 0 Å². The lowest BCUT2D eigenvalue weighted by Crippen LogP contribution is -1.93. The molecule has 0 radical (unpaired) electrons. The van der Waals surface area contributed by atoms with Crippen molar-refractivity contribution in [2.45, 2.75) is 20.8 Å². The fourth-order valence-corrected chi connectivity index (χ4v) is 1.26. The molecular formula is C11H16O3. The van der Waals surface area contributed by atoms with Crippen LogP contribution in [0.5, 0.6) is 17.2 Å². The summed E-state index contributed by atoms with van der Waals surface area (Å²) in [4.78, 5) is 0. The minimum absolute atomic E-state index is 0.287. The Morgan fingerprint density at radius 3 is 2.57 bits per heavy atom. The van der Waals surface area contributed by atoms with Gasteiger partial charge in [-0.2, -0.15) is 0 Å². The number of hydrogen-bond donors (Lipinski definition) is 0. The first-order valence-electron chi connectivity index (χ1n) is 4.75. The monoisotopic (exact) mass is 196 g/mol. The fraction of sp³-hybridized carbons (Fsp3) is 0.455. The van der Waals surface area contributed by atoms with E-state index in [0.717, 1.165) is 17.1 Å². The summed E-state index contributed by atoms with van der Waals surface area (Å²) in [7, 11) is 1.62. The molecule has 0 atom stereocenters. The Balaban J connectivity index is 0.000000461. The highest BCUT2D eigenvalue weighted by Gasteiger charge is 2.18. The molecule has 0 fully saturated rings. The van der Waals surface area contributed by atoms with Crippen LogP contribution in [0.25, 0.3) is 0 Å². The van der Waals surface area contributed by atoms with Crippen LogP contribution in [-0.4, -0.2) is 13.9 Å². The van der Waals surface area contributed by atoms with Crippen molar-refractivity contribution in [3.8, 4) is 17.2 Å². The SMILES string of the molecule is CC.COc1cc(C)cc2c1OCO2. The van der Waals surface area contributed by atoms with Gasteiger partial charge in [-0.3, -0.25) is 0 Å². The molecule has 0 unspecified atom stereocenters. The average Bonchev–Trinajstić information content (AvgIpc) is 2.67. The summed E-state index contributed by atoms with van der Waals surface area (Å²) in [6.45, 7) is 6.28. The van der Waals surface area contributed by atoms with Gasteiger partial charge in [0, 0.05) is 0 Å². The largest absolute Gasteiger partial charge is 0.493 e. The van der Waals surface area contributed by atoms with Crippen LogP contribution in [0.3, 0.4) is 0 Å². The second kappa shape index (κ2) is 4.74. The van der Waals surface area contributed by atoms with Crippen molar-refractivity contribution in [1.29, 1.82) is 0 Å². The van der Waals surface area contributed by atoms with Gasteiger partial charge < -0.3 is 14.2 Å². The van der Waals surface area contributed by atoms with Crippen LogP contribution in [0, 0.1) is 6.92 Å². The van der Waals surface area contributed by atoms with Crippen molar-refractivity contribution < 1.29 is 14.2 Å². The van der Waals surface area contributed by atoms with E-state index in [-0.39, 0.29) is 6.79 Å². The van der Waals surface area contributed by atoms with Crippen molar-refractivity contribution in [2.75, 3.05) is 13.9 Å². The summed E-state index contributed by atoms with van der Waals surface area (Å²) in [5, 5.41) is 0. The lowest BCUT2D eigenvalue weighted by Gasteiger charge is -2.04. The van der Waals surface area contributed by atoms with Gasteiger partial charge in [0.15, 0.2) is 11.5 Å². The van der Waals surface area contributed by atoms with Crippen LogP contribution in [0.4, 0.5) is 0 Å². The van der Waals surface area contributed by atoms with Gasteiger partial charge >= 0.3 is 0 Å². The third-order valence-electron chi connectivity index (χ3n) is 1.80. The molecule has 0 saturated carbocycles. The Morgan fingerprint density at radius 2 is 1.93 bits per heavy atom. The van der Waals surface area contributed by atoms with Crippen LogP contribution in [0.15, 0.2) is 12.1 Å². The molecule has 3 heteroatoms. The number of benzene rings is 1. The van der Waals surface area contributed by atoms with Crippen LogP contribution < -0.4 is 14.2 Å². The third kappa shape index (κ3) is 1.92. The molecule has 1 aliphatic rings. The molecule has 0 N–H and O–H groups in total. The van der Waals surface area contributed by atoms with Gasteiger partial charge in [0.1, 0.15) is 0 Å². The van der Waals surface area contributed by atoms with Gasteiger partial charge in [-0.1, -0.05) is 13.8 Å². The summed E-state index contributed by atoms with van der Waals surface area (Å²) >= 11 is 0. The summed E-state index contributed by atoms with van der Waals surface area (Å²) in [6.07, 6.45) is 0. The molecule has 1 heterocycles. The highest BCUT2D eigenvalue weighted by molar-refractivity contribution is 5.54. The van der Waals surface area contributed by atoms with Crippen LogP contribution in [0.1, 0.15) is 19.4 Å². The number of hydrogen-bond acceptors (Lipinski definition) is 3. The molecule has 1 aliphatic heterocycles. The van der Waals surface area contributed by atoms with E-state index in [9.17, 15) is 0 Å². The molecular weight excluding hydrogens is 180 g/mol. The smallest absolute Gasteiger partial charge is 0.231 e. The van der Waals surface area contributed by atoms with E-state index in [1.165, 1.54) is 0 Å². The van der Waals surface area contributed by atoms with E-state index in [2.05, 4.69) is 0 Å². The quantitative estimate of drug-likeness (QED) is 0.691. The Labute approximate surface area is 84.6 Å². The maximum absolute atomic E-state index is 5.23. The van der Waals surface area contributed by atoms with E-state index in [4.69, 9.17) is 14.2 Å². The highest BCUT2D eigenvalue weighted by Crippen LogP contribution is 2.41. The van der Waals surface area contributed by atoms with E-state index < -0.39 is 0 Å². The first-order chi connectivity index (χ1) is 6.81. The van der Waals surface area contributed by atoms with Gasteiger partial charge in [0.25, 0.3) is 0 Å². The topological polar surface area (TPSA) is 27.7 Å². The van der Waals surface area contributed by atoms with Crippen LogP contribution in [0.2, 0.25) is 0 Å². The third-order valence-corrected chi connectivity index (χ3v) is 1.80. The van der Waals surface area contributed by atoms with E-state index in [1.54, 1.807) is 7.11 Å². The molecule has 78 valence electrons. The molecule has 0 bridgehead atoms. The van der Waals surface area contributed by atoms with Crippen LogP contribution in [-0.2, 0) is 0 Å². The minimum Gasteiger partial charge on any atom is -0.493 e. The first kappa shape index (κ1) is 10.7. The average molecular weight is 196 g/mol. The van der Waals surface area contributed by atoms with E-state index in [1.807, 2.05) is 32.9 Å².